The monoisotopic (exact) mass is 316 g/mol. The quantitative estimate of drug-likeness (QED) is 0.874. The van der Waals surface area contributed by atoms with Crippen LogP contribution in [0.2, 0.25) is 0 Å². The van der Waals surface area contributed by atoms with Crippen molar-refractivity contribution in [2.75, 3.05) is 0 Å². The van der Waals surface area contributed by atoms with Crippen LogP contribution in [0.3, 0.4) is 0 Å². The Bertz CT molecular complexity index is 619. The molecule has 1 aliphatic rings. The predicted octanol–water partition coefficient (Wildman–Crippen LogP) is 4.33. The number of hydrogen-bond acceptors (Lipinski definition) is 1. The number of aryl methyl sites for hydroxylation is 3. The summed E-state index contributed by atoms with van der Waals surface area (Å²) < 4.78 is 0.964. The second-order valence-corrected chi connectivity index (χ2v) is 6.16. The van der Waals surface area contributed by atoms with Crippen molar-refractivity contribution in [2.24, 2.45) is 0 Å². The van der Waals surface area contributed by atoms with Gasteiger partial charge in [0.1, 0.15) is 6.10 Å². The third-order valence-corrected chi connectivity index (χ3v) is 4.61. The molecule has 0 bridgehead atoms. The summed E-state index contributed by atoms with van der Waals surface area (Å²) >= 11 is 3.53. The normalized spacial score (nSPS) is 15.3. The van der Waals surface area contributed by atoms with E-state index in [9.17, 15) is 5.11 Å². The summed E-state index contributed by atoms with van der Waals surface area (Å²) in [5, 5.41) is 10.6. The Hall–Kier alpha value is -1.12. The van der Waals surface area contributed by atoms with E-state index in [4.69, 9.17) is 0 Å². The van der Waals surface area contributed by atoms with Gasteiger partial charge in [0, 0.05) is 4.47 Å². The van der Waals surface area contributed by atoms with Gasteiger partial charge in [-0.05, 0) is 54.5 Å². The highest BCUT2D eigenvalue weighted by atomic mass is 79.9. The fourth-order valence-electron chi connectivity index (χ4n) is 2.81. The van der Waals surface area contributed by atoms with E-state index in [1.165, 1.54) is 29.5 Å². The van der Waals surface area contributed by atoms with Gasteiger partial charge in [-0.25, -0.2) is 0 Å². The molecule has 3 rings (SSSR count). The van der Waals surface area contributed by atoms with Crippen LogP contribution >= 0.6 is 15.9 Å². The van der Waals surface area contributed by atoms with Crippen LogP contribution in [0.1, 0.15) is 40.3 Å². The van der Waals surface area contributed by atoms with Crippen molar-refractivity contribution in [2.45, 2.75) is 32.3 Å². The van der Waals surface area contributed by atoms with E-state index < -0.39 is 6.10 Å². The summed E-state index contributed by atoms with van der Waals surface area (Å²) in [5.74, 6) is 0. The minimum Gasteiger partial charge on any atom is -0.384 e. The van der Waals surface area contributed by atoms with E-state index >= 15 is 0 Å². The lowest BCUT2D eigenvalue weighted by atomic mass is 9.97. The van der Waals surface area contributed by atoms with E-state index in [2.05, 4.69) is 34.1 Å². The molecule has 1 aliphatic carbocycles. The largest absolute Gasteiger partial charge is 0.384 e. The lowest BCUT2D eigenvalue weighted by Gasteiger charge is -2.15. The molecule has 98 valence electrons. The van der Waals surface area contributed by atoms with Crippen LogP contribution in [-0.2, 0) is 12.8 Å². The summed E-state index contributed by atoms with van der Waals surface area (Å²) in [6.07, 6.45) is 3.01. The Morgan fingerprint density at radius 3 is 2.68 bits per heavy atom. The Balaban J connectivity index is 1.99. The molecule has 0 radical (unpaired) electrons. The van der Waals surface area contributed by atoms with Crippen LogP contribution in [0.5, 0.6) is 0 Å². The second kappa shape index (κ2) is 5.10. The van der Waals surface area contributed by atoms with Crippen LogP contribution in [0, 0.1) is 6.92 Å². The molecule has 2 aromatic rings. The Morgan fingerprint density at radius 2 is 1.84 bits per heavy atom. The molecule has 2 heteroatoms. The summed E-state index contributed by atoms with van der Waals surface area (Å²) in [7, 11) is 0. The highest BCUT2D eigenvalue weighted by Crippen LogP contribution is 2.32. The Kier molecular flexibility index (Phi) is 3.46. The average molecular weight is 317 g/mol. The van der Waals surface area contributed by atoms with Gasteiger partial charge in [0.15, 0.2) is 0 Å². The molecule has 0 spiro atoms. The van der Waals surface area contributed by atoms with Gasteiger partial charge in [-0.2, -0.15) is 0 Å². The van der Waals surface area contributed by atoms with Crippen LogP contribution < -0.4 is 0 Å². The Labute approximate surface area is 122 Å². The molecule has 2 aromatic carbocycles. The molecule has 1 atom stereocenters. The zero-order valence-corrected chi connectivity index (χ0v) is 12.6. The zero-order chi connectivity index (χ0) is 13.4. The van der Waals surface area contributed by atoms with E-state index in [-0.39, 0.29) is 0 Å². The molecule has 0 amide bonds. The average Bonchev–Trinajstić information content (AvgIpc) is 2.88. The molecule has 0 heterocycles. The molecule has 0 saturated heterocycles. The van der Waals surface area contributed by atoms with Gasteiger partial charge in [0.25, 0.3) is 0 Å². The van der Waals surface area contributed by atoms with Gasteiger partial charge in [0.2, 0.25) is 0 Å². The molecular formula is C17H17BrO. The zero-order valence-electron chi connectivity index (χ0n) is 11.0. The molecule has 0 aliphatic heterocycles. The molecule has 19 heavy (non-hydrogen) atoms. The lowest BCUT2D eigenvalue weighted by Crippen LogP contribution is -2.02. The minimum absolute atomic E-state index is 0.555. The van der Waals surface area contributed by atoms with Crippen molar-refractivity contribution in [3.05, 3.63) is 68.7 Å². The van der Waals surface area contributed by atoms with Gasteiger partial charge in [-0.1, -0.05) is 51.8 Å². The van der Waals surface area contributed by atoms with E-state index in [1.807, 2.05) is 25.1 Å². The van der Waals surface area contributed by atoms with E-state index in [0.29, 0.717) is 0 Å². The fourth-order valence-corrected chi connectivity index (χ4v) is 3.28. The highest BCUT2D eigenvalue weighted by Gasteiger charge is 2.17. The summed E-state index contributed by atoms with van der Waals surface area (Å²) in [5.41, 5.74) is 5.95. The molecule has 1 nitrogen and oxygen atoms in total. The molecule has 1 N–H and O–H groups in total. The smallest absolute Gasteiger partial charge is 0.105 e. The third kappa shape index (κ3) is 2.47. The van der Waals surface area contributed by atoms with Gasteiger partial charge in [-0.3, -0.25) is 0 Å². The van der Waals surface area contributed by atoms with Crippen LogP contribution in [0.25, 0.3) is 0 Å². The van der Waals surface area contributed by atoms with E-state index in [1.54, 1.807) is 0 Å². The maximum absolute atomic E-state index is 10.6. The van der Waals surface area contributed by atoms with Crippen molar-refractivity contribution >= 4 is 15.9 Å². The maximum atomic E-state index is 10.6. The van der Waals surface area contributed by atoms with Gasteiger partial charge in [0.05, 0.1) is 0 Å². The minimum atomic E-state index is -0.555. The predicted molar refractivity (Wildman–Crippen MR) is 81.4 cm³/mol. The topological polar surface area (TPSA) is 20.2 Å². The van der Waals surface area contributed by atoms with Crippen molar-refractivity contribution in [1.29, 1.82) is 0 Å². The summed E-state index contributed by atoms with van der Waals surface area (Å²) in [4.78, 5) is 0. The number of rotatable bonds is 2. The first-order valence-electron chi connectivity index (χ1n) is 6.71. The van der Waals surface area contributed by atoms with Crippen molar-refractivity contribution in [1.82, 2.24) is 0 Å². The lowest BCUT2D eigenvalue weighted by molar-refractivity contribution is 0.219. The van der Waals surface area contributed by atoms with Crippen LogP contribution in [0.4, 0.5) is 0 Å². The van der Waals surface area contributed by atoms with Crippen LogP contribution in [0.15, 0.2) is 40.9 Å². The SMILES string of the molecule is Cc1ccc(Br)c(C(O)c2ccc3c(c2)CCC3)c1. The van der Waals surface area contributed by atoms with Gasteiger partial charge >= 0.3 is 0 Å². The number of fused-ring (bicyclic) bond motifs is 1. The number of benzene rings is 2. The molecular weight excluding hydrogens is 300 g/mol. The number of halogens is 1. The second-order valence-electron chi connectivity index (χ2n) is 5.31. The highest BCUT2D eigenvalue weighted by molar-refractivity contribution is 9.10. The third-order valence-electron chi connectivity index (χ3n) is 3.88. The fraction of sp³-hybridized carbons (Fsp3) is 0.294. The van der Waals surface area contributed by atoms with Crippen LogP contribution in [-0.4, -0.2) is 5.11 Å². The van der Waals surface area contributed by atoms with Crippen molar-refractivity contribution in [3.8, 4) is 0 Å². The first-order valence-corrected chi connectivity index (χ1v) is 7.50. The van der Waals surface area contributed by atoms with Crippen molar-refractivity contribution in [3.63, 3.8) is 0 Å². The number of aliphatic hydroxyl groups excluding tert-OH is 1. The van der Waals surface area contributed by atoms with Crippen molar-refractivity contribution < 1.29 is 5.11 Å². The molecule has 1 unspecified atom stereocenters. The summed E-state index contributed by atoms with van der Waals surface area (Å²) in [6.45, 7) is 2.05. The Morgan fingerprint density at radius 1 is 1.05 bits per heavy atom. The molecule has 0 fully saturated rings. The standard InChI is InChI=1S/C17H17BrO/c1-11-5-8-16(18)15(9-11)17(19)14-7-6-12-3-2-4-13(12)10-14/h5-10,17,19H,2-4H2,1H3. The number of aliphatic hydroxyl groups is 1. The summed E-state index contributed by atoms with van der Waals surface area (Å²) in [6, 6.07) is 12.5. The molecule has 0 saturated carbocycles. The first-order chi connectivity index (χ1) is 9.15. The molecule has 0 aromatic heterocycles. The van der Waals surface area contributed by atoms with Gasteiger partial charge < -0.3 is 5.11 Å². The van der Waals surface area contributed by atoms with E-state index in [0.717, 1.165) is 22.0 Å². The van der Waals surface area contributed by atoms with Gasteiger partial charge in [-0.15, -0.1) is 0 Å². The first kappa shape index (κ1) is 12.9. The maximum Gasteiger partial charge on any atom is 0.105 e. The number of hydrogen-bond donors (Lipinski definition) is 1.